The van der Waals surface area contributed by atoms with Crippen LogP contribution in [0.4, 0.5) is 14.9 Å². The van der Waals surface area contributed by atoms with E-state index >= 15 is 0 Å². The van der Waals surface area contributed by atoms with Crippen molar-refractivity contribution >= 4 is 40.1 Å². The van der Waals surface area contributed by atoms with Crippen molar-refractivity contribution in [3.8, 4) is 0 Å². The number of nitrogens with one attached hydrogen (secondary N) is 3. The fourth-order valence-corrected chi connectivity index (χ4v) is 5.39. The van der Waals surface area contributed by atoms with Crippen LogP contribution in [0.1, 0.15) is 60.9 Å². The van der Waals surface area contributed by atoms with E-state index in [1.54, 1.807) is 13.0 Å². The highest BCUT2D eigenvalue weighted by Crippen LogP contribution is 2.41. The summed E-state index contributed by atoms with van der Waals surface area (Å²) in [6, 6.07) is 19.9. The SMILES string of the molecule is CCOC(=O)C1=CN(C(=O)c2ccc(F)cc2)CC(C)(C)c2c1[nH]c1ccc(NC(=O)N[C@@H](C)c3ccccc3)cc21. The molecule has 1 aliphatic rings. The maximum Gasteiger partial charge on any atom is 0.341 e. The predicted octanol–water partition coefficient (Wildman–Crippen LogP) is 6.53. The zero-order valence-corrected chi connectivity index (χ0v) is 24.0. The van der Waals surface area contributed by atoms with Crippen LogP contribution in [0, 0.1) is 5.82 Å². The average molecular weight is 569 g/mol. The Morgan fingerprint density at radius 2 is 1.76 bits per heavy atom. The van der Waals surface area contributed by atoms with E-state index < -0.39 is 17.2 Å². The number of nitrogens with zero attached hydrogens (tertiary/aromatic N) is 1. The Hall–Kier alpha value is -4.92. The van der Waals surface area contributed by atoms with Crippen molar-refractivity contribution in [2.24, 2.45) is 0 Å². The van der Waals surface area contributed by atoms with Gasteiger partial charge in [0.25, 0.3) is 5.91 Å². The van der Waals surface area contributed by atoms with E-state index in [9.17, 15) is 18.8 Å². The Morgan fingerprint density at radius 1 is 1.05 bits per heavy atom. The van der Waals surface area contributed by atoms with Crippen LogP contribution in [-0.4, -0.2) is 40.9 Å². The first-order chi connectivity index (χ1) is 20.1. The van der Waals surface area contributed by atoms with Gasteiger partial charge < -0.3 is 25.3 Å². The number of hydrogen-bond donors (Lipinski definition) is 3. The molecule has 0 aliphatic carbocycles. The zero-order chi connectivity index (χ0) is 30.0. The van der Waals surface area contributed by atoms with E-state index in [0.717, 1.165) is 22.0 Å². The second-order valence-corrected chi connectivity index (χ2v) is 11.0. The molecule has 216 valence electrons. The number of rotatable bonds is 6. The predicted molar refractivity (Wildman–Crippen MR) is 160 cm³/mol. The van der Waals surface area contributed by atoms with Crippen LogP contribution >= 0.6 is 0 Å². The van der Waals surface area contributed by atoms with Crippen LogP contribution in [0.25, 0.3) is 16.5 Å². The standard InChI is InChI=1S/C33H33FN4O4/c1-5-42-31(40)26-18-38(30(39)22-11-13-23(34)14-12-22)19-33(3,4)28-25-17-24(15-16-27(25)37-29(26)28)36-32(41)35-20(2)21-9-7-6-8-10-21/h6-18,20,37H,5,19H2,1-4H3,(H2,35,36,41)/t20-/m0/s1. The number of esters is 1. The summed E-state index contributed by atoms with van der Waals surface area (Å²) >= 11 is 0. The molecule has 1 atom stereocenters. The van der Waals surface area contributed by atoms with Crippen molar-refractivity contribution in [1.29, 1.82) is 0 Å². The molecular formula is C33H33FN4O4. The van der Waals surface area contributed by atoms with Crippen LogP contribution in [-0.2, 0) is 14.9 Å². The summed E-state index contributed by atoms with van der Waals surface area (Å²) in [7, 11) is 0. The van der Waals surface area contributed by atoms with Gasteiger partial charge >= 0.3 is 12.0 Å². The van der Waals surface area contributed by atoms with Gasteiger partial charge in [-0.15, -0.1) is 0 Å². The first-order valence-corrected chi connectivity index (χ1v) is 13.8. The Labute approximate surface area is 243 Å². The lowest BCUT2D eigenvalue weighted by molar-refractivity contribution is -0.136. The maximum atomic E-state index is 13.5. The van der Waals surface area contributed by atoms with E-state index in [0.29, 0.717) is 16.9 Å². The van der Waals surface area contributed by atoms with Crippen molar-refractivity contribution in [3.05, 3.63) is 107 Å². The highest BCUT2D eigenvalue weighted by atomic mass is 19.1. The number of carbonyl (C=O) groups is 3. The Kier molecular flexibility index (Phi) is 7.85. The second-order valence-electron chi connectivity index (χ2n) is 11.0. The molecule has 8 nitrogen and oxygen atoms in total. The summed E-state index contributed by atoms with van der Waals surface area (Å²) in [6.07, 6.45) is 1.50. The summed E-state index contributed by atoms with van der Waals surface area (Å²) in [4.78, 5) is 44.4. The van der Waals surface area contributed by atoms with Gasteiger partial charge in [-0.3, -0.25) is 4.79 Å². The van der Waals surface area contributed by atoms with Crippen LogP contribution in [0.3, 0.4) is 0 Å². The minimum atomic E-state index is -0.642. The van der Waals surface area contributed by atoms with Gasteiger partial charge in [0.2, 0.25) is 0 Å². The highest BCUT2D eigenvalue weighted by Gasteiger charge is 2.37. The van der Waals surface area contributed by atoms with Gasteiger partial charge in [0.1, 0.15) is 5.82 Å². The van der Waals surface area contributed by atoms with E-state index in [-0.39, 0.29) is 36.7 Å². The van der Waals surface area contributed by atoms with Crippen molar-refractivity contribution < 1.29 is 23.5 Å². The number of benzene rings is 3. The third kappa shape index (κ3) is 5.76. The molecule has 0 bridgehead atoms. The summed E-state index contributed by atoms with van der Waals surface area (Å²) < 4.78 is 18.9. The van der Waals surface area contributed by atoms with E-state index in [2.05, 4.69) is 15.6 Å². The minimum absolute atomic E-state index is 0.158. The molecule has 3 aromatic carbocycles. The van der Waals surface area contributed by atoms with Crippen molar-refractivity contribution in [1.82, 2.24) is 15.2 Å². The molecule has 4 aromatic rings. The van der Waals surface area contributed by atoms with Crippen LogP contribution in [0.15, 0.2) is 79.0 Å². The molecule has 1 aliphatic heterocycles. The molecule has 1 aromatic heterocycles. The number of urea groups is 1. The second kappa shape index (κ2) is 11.5. The highest BCUT2D eigenvalue weighted by molar-refractivity contribution is 6.18. The zero-order valence-electron chi connectivity index (χ0n) is 24.0. The lowest BCUT2D eigenvalue weighted by Crippen LogP contribution is -2.37. The molecule has 5 rings (SSSR count). The molecular weight excluding hydrogens is 535 g/mol. The van der Waals surface area contributed by atoms with Crippen molar-refractivity contribution in [3.63, 3.8) is 0 Å². The summed E-state index contributed by atoms with van der Waals surface area (Å²) in [5.74, 6) is -1.39. The van der Waals surface area contributed by atoms with Gasteiger partial charge in [-0.05, 0) is 67.4 Å². The number of aromatic nitrogens is 1. The molecule has 0 radical (unpaired) electrons. The number of hydrogen-bond acceptors (Lipinski definition) is 4. The van der Waals surface area contributed by atoms with Crippen LogP contribution in [0.5, 0.6) is 0 Å². The molecule has 42 heavy (non-hydrogen) atoms. The molecule has 0 saturated carbocycles. The van der Waals surface area contributed by atoms with Crippen molar-refractivity contribution in [2.75, 3.05) is 18.5 Å². The van der Waals surface area contributed by atoms with Gasteiger partial charge in [-0.2, -0.15) is 0 Å². The number of fused-ring (bicyclic) bond motifs is 3. The first kappa shape index (κ1) is 28.6. The summed E-state index contributed by atoms with van der Waals surface area (Å²) in [5.41, 5.74) is 3.54. The minimum Gasteiger partial charge on any atom is -0.462 e. The van der Waals surface area contributed by atoms with Gasteiger partial charge in [-0.25, -0.2) is 14.0 Å². The molecule has 0 saturated heterocycles. The summed E-state index contributed by atoms with van der Waals surface area (Å²) in [5, 5.41) is 6.67. The number of ether oxygens (including phenoxy) is 1. The summed E-state index contributed by atoms with van der Waals surface area (Å²) in [6.45, 7) is 7.99. The number of amides is 3. The van der Waals surface area contributed by atoms with Gasteiger partial charge in [0.05, 0.1) is 23.9 Å². The van der Waals surface area contributed by atoms with Gasteiger partial charge in [0.15, 0.2) is 0 Å². The fraction of sp³-hybridized carbons (Fsp3) is 0.242. The third-order valence-electron chi connectivity index (χ3n) is 7.35. The van der Waals surface area contributed by atoms with E-state index in [4.69, 9.17) is 4.74 Å². The van der Waals surface area contributed by atoms with Crippen LogP contribution in [0.2, 0.25) is 0 Å². The molecule has 3 N–H and O–H groups in total. The number of halogens is 1. The third-order valence-corrected chi connectivity index (χ3v) is 7.35. The molecule has 0 fully saturated rings. The topological polar surface area (TPSA) is 104 Å². The normalized spacial score (nSPS) is 14.8. The van der Waals surface area contributed by atoms with Crippen molar-refractivity contribution in [2.45, 2.75) is 39.2 Å². The number of aromatic amines is 1. The van der Waals surface area contributed by atoms with Crippen LogP contribution < -0.4 is 10.6 Å². The Bertz CT molecular complexity index is 1680. The number of H-pyrrole nitrogens is 1. The Balaban J connectivity index is 1.51. The molecule has 3 amide bonds. The first-order valence-electron chi connectivity index (χ1n) is 13.8. The maximum absolute atomic E-state index is 13.5. The average Bonchev–Trinajstić information content (AvgIpc) is 3.29. The van der Waals surface area contributed by atoms with Gasteiger partial charge in [0, 0.05) is 40.3 Å². The number of anilines is 1. The largest absolute Gasteiger partial charge is 0.462 e. The van der Waals surface area contributed by atoms with E-state index in [1.165, 1.54) is 35.4 Å². The lowest BCUT2D eigenvalue weighted by atomic mass is 9.81. The molecule has 2 heterocycles. The fourth-order valence-electron chi connectivity index (χ4n) is 5.39. The Morgan fingerprint density at radius 3 is 2.45 bits per heavy atom. The lowest BCUT2D eigenvalue weighted by Gasteiger charge is -2.29. The van der Waals surface area contributed by atoms with Gasteiger partial charge in [-0.1, -0.05) is 44.2 Å². The molecule has 0 spiro atoms. The van der Waals surface area contributed by atoms with E-state index in [1.807, 2.05) is 63.2 Å². The molecule has 9 heteroatoms. The monoisotopic (exact) mass is 568 g/mol. The molecule has 0 unspecified atom stereocenters. The smallest absolute Gasteiger partial charge is 0.341 e. The number of carbonyl (C=O) groups excluding carboxylic acids is 3. The quantitative estimate of drug-likeness (QED) is 0.230.